The molecule has 1 aliphatic carbocycles. The van der Waals surface area contributed by atoms with Crippen LogP contribution in [0.4, 0.5) is 5.69 Å². The minimum absolute atomic E-state index is 0.662. The molecule has 0 bridgehead atoms. The van der Waals surface area contributed by atoms with Gasteiger partial charge in [0.1, 0.15) is 0 Å². The lowest BCUT2D eigenvalue weighted by molar-refractivity contribution is 0.361. The Morgan fingerprint density at radius 1 is 1.19 bits per heavy atom. The molecule has 0 heterocycles. The summed E-state index contributed by atoms with van der Waals surface area (Å²) in [6.07, 6.45) is 5.34. The van der Waals surface area contributed by atoms with E-state index in [2.05, 4.69) is 53.3 Å². The van der Waals surface area contributed by atoms with Gasteiger partial charge in [0.05, 0.1) is 0 Å². The highest BCUT2D eigenvalue weighted by molar-refractivity contribution is 9.10. The van der Waals surface area contributed by atoms with E-state index < -0.39 is 0 Å². The molecule has 0 aliphatic heterocycles. The van der Waals surface area contributed by atoms with Gasteiger partial charge in [-0.1, -0.05) is 13.0 Å². The number of aryl methyl sites for hydroxylation is 1. The first kappa shape index (κ1) is 12.0. The van der Waals surface area contributed by atoms with Gasteiger partial charge >= 0.3 is 0 Å². The second-order valence-electron chi connectivity index (χ2n) is 5.08. The average Bonchev–Trinajstić information content (AvgIpc) is 2.25. The normalized spacial score (nSPS) is 25.4. The number of halogens is 1. The number of benzene rings is 1. The predicted molar refractivity (Wildman–Crippen MR) is 73.9 cm³/mol. The predicted octanol–water partition coefficient (Wildman–Crippen LogP) is 4.75. The summed E-state index contributed by atoms with van der Waals surface area (Å²) < 4.78 is 1.19. The summed E-state index contributed by atoms with van der Waals surface area (Å²) in [5, 5.41) is 3.65. The van der Waals surface area contributed by atoms with E-state index in [1.807, 2.05) is 0 Å². The zero-order chi connectivity index (χ0) is 11.5. The molecule has 0 amide bonds. The minimum atomic E-state index is 0.662. The summed E-state index contributed by atoms with van der Waals surface area (Å²) in [5.74, 6) is 0.916. The standard InChI is InChI=1S/C14H20BrN/c1-10-3-6-12(7-4-10)16-14-8-5-11(2)9-13(14)15/h5,8-10,12,16H,3-4,6-7H2,1-2H3. The van der Waals surface area contributed by atoms with Gasteiger partial charge in [0.2, 0.25) is 0 Å². The quantitative estimate of drug-likeness (QED) is 0.825. The van der Waals surface area contributed by atoms with Gasteiger partial charge < -0.3 is 5.32 Å². The Kier molecular flexibility index (Phi) is 3.91. The Morgan fingerprint density at radius 3 is 2.50 bits per heavy atom. The zero-order valence-electron chi connectivity index (χ0n) is 10.1. The van der Waals surface area contributed by atoms with Crippen molar-refractivity contribution in [1.82, 2.24) is 0 Å². The Hall–Kier alpha value is -0.500. The fourth-order valence-corrected chi connectivity index (χ4v) is 2.97. The summed E-state index contributed by atoms with van der Waals surface area (Å²) in [4.78, 5) is 0. The highest BCUT2D eigenvalue weighted by atomic mass is 79.9. The maximum absolute atomic E-state index is 3.65. The third-order valence-electron chi connectivity index (χ3n) is 3.50. The van der Waals surface area contributed by atoms with Crippen molar-refractivity contribution in [1.29, 1.82) is 0 Å². The molecule has 0 saturated heterocycles. The molecule has 2 rings (SSSR count). The lowest BCUT2D eigenvalue weighted by atomic mass is 9.87. The lowest BCUT2D eigenvalue weighted by Gasteiger charge is -2.28. The highest BCUT2D eigenvalue weighted by Crippen LogP contribution is 2.29. The minimum Gasteiger partial charge on any atom is -0.381 e. The van der Waals surface area contributed by atoms with Gasteiger partial charge in [0.15, 0.2) is 0 Å². The lowest BCUT2D eigenvalue weighted by Crippen LogP contribution is -2.25. The molecular weight excluding hydrogens is 262 g/mol. The fourth-order valence-electron chi connectivity index (χ4n) is 2.36. The Morgan fingerprint density at radius 2 is 1.88 bits per heavy atom. The molecule has 0 unspecified atom stereocenters. The van der Waals surface area contributed by atoms with Crippen LogP contribution in [0.1, 0.15) is 38.2 Å². The maximum Gasteiger partial charge on any atom is 0.0486 e. The van der Waals surface area contributed by atoms with Crippen molar-refractivity contribution < 1.29 is 0 Å². The summed E-state index contributed by atoms with van der Waals surface area (Å²) in [7, 11) is 0. The molecule has 1 N–H and O–H groups in total. The van der Waals surface area contributed by atoms with Crippen LogP contribution in [-0.4, -0.2) is 6.04 Å². The third kappa shape index (κ3) is 3.00. The summed E-state index contributed by atoms with van der Waals surface area (Å²) in [6, 6.07) is 7.18. The molecule has 88 valence electrons. The van der Waals surface area contributed by atoms with E-state index in [1.165, 1.54) is 41.4 Å². The van der Waals surface area contributed by atoms with Crippen molar-refractivity contribution in [3.05, 3.63) is 28.2 Å². The van der Waals surface area contributed by atoms with Crippen molar-refractivity contribution in [2.45, 2.75) is 45.6 Å². The summed E-state index contributed by atoms with van der Waals surface area (Å²) >= 11 is 3.62. The van der Waals surface area contributed by atoms with Crippen LogP contribution in [0, 0.1) is 12.8 Å². The number of hydrogen-bond donors (Lipinski definition) is 1. The van der Waals surface area contributed by atoms with E-state index in [0.29, 0.717) is 6.04 Å². The SMILES string of the molecule is Cc1ccc(NC2CCC(C)CC2)c(Br)c1. The Bertz CT molecular complexity index is 354. The molecular formula is C14H20BrN. The van der Waals surface area contributed by atoms with Gasteiger partial charge in [0.25, 0.3) is 0 Å². The number of anilines is 1. The van der Waals surface area contributed by atoms with E-state index in [-0.39, 0.29) is 0 Å². The van der Waals surface area contributed by atoms with Crippen molar-refractivity contribution in [2.24, 2.45) is 5.92 Å². The number of nitrogens with one attached hydrogen (secondary N) is 1. The van der Waals surface area contributed by atoms with E-state index in [0.717, 1.165) is 5.92 Å². The van der Waals surface area contributed by atoms with Crippen LogP contribution >= 0.6 is 15.9 Å². The second-order valence-corrected chi connectivity index (χ2v) is 5.94. The van der Waals surface area contributed by atoms with Crippen molar-refractivity contribution in [3.63, 3.8) is 0 Å². The van der Waals surface area contributed by atoms with Crippen LogP contribution in [0.2, 0.25) is 0 Å². The topological polar surface area (TPSA) is 12.0 Å². The molecule has 1 fully saturated rings. The third-order valence-corrected chi connectivity index (χ3v) is 4.16. The van der Waals surface area contributed by atoms with Crippen LogP contribution in [0.25, 0.3) is 0 Å². The first-order valence-corrected chi connectivity index (χ1v) is 6.97. The van der Waals surface area contributed by atoms with Gasteiger partial charge in [-0.2, -0.15) is 0 Å². The molecule has 1 aliphatic rings. The van der Waals surface area contributed by atoms with Crippen LogP contribution in [0.5, 0.6) is 0 Å². The highest BCUT2D eigenvalue weighted by Gasteiger charge is 2.18. The van der Waals surface area contributed by atoms with Gasteiger partial charge in [-0.25, -0.2) is 0 Å². The molecule has 1 nitrogen and oxygen atoms in total. The van der Waals surface area contributed by atoms with E-state index in [1.54, 1.807) is 0 Å². The van der Waals surface area contributed by atoms with E-state index in [4.69, 9.17) is 0 Å². The molecule has 2 heteroatoms. The van der Waals surface area contributed by atoms with Gasteiger partial charge in [-0.3, -0.25) is 0 Å². The largest absolute Gasteiger partial charge is 0.381 e. The average molecular weight is 282 g/mol. The Balaban J connectivity index is 1.98. The maximum atomic E-state index is 3.65. The Labute approximate surface area is 107 Å². The molecule has 0 atom stereocenters. The second kappa shape index (κ2) is 5.22. The first-order valence-electron chi connectivity index (χ1n) is 6.18. The van der Waals surface area contributed by atoms with Crippen molar-refractivity contribution >= 4 is 21.6 Å². The molecule has 0 spiro atoms. The molecule has 1 aromatic rings. The summed E-state index contributed by atoms with van der Waals surface area (Å²) in [5.41, 5.74) is 2.54. The van der Waals surface area contributed by atoms with E-state index in [9.17, 15) is 0 Å². The van der Waals surface area contributed by atoms with Crippen LogP contribution < -0.4 is 5.32 Å². The van der Waals surface area contributed by atoms with Gasteiger partial charge in [0, 0.05) is 16.2 Å². The molecule has 16 heavy (non-hydrogen) atoms. The van der Waals surface area contributed by atoms with E-state index >= 15 is 0 Å². The zero-order valence-corrected chi connectivity index (χ0v) is 11.7. The molecule has 1 aromatic carbocycles. The number of rotatable bonds is 2. The van der Waals surface area contributed by atoms with Crippen LogP contribution in [-0.2, 0) is 0 Å². The molecule has 1 saturated carbocycles. The van der Waals surface area contributed by atoms with Gasteiger partial charge in [-0.05, 0) is 72.2 Å². The summed E-state index contributed by atoms with van der Waals surface area (Å²) in [6.45, 7) is 4.48. The molecule has 0 aromatic heterocycles. The van der Waals surface area contributed by atoms with Gasteiger partial charge in [-0.15, -0.1) is 0 Å². The van der Waals surface area contributed by atoms with Crippen molar-refractivity contribution in [3.8, 4) is 0 Å². The van der Waals surface area contributed by atoms with Crippen molar-refractivity contribution in [2.75, 3.05) is 5.32 Å². The first-order chi connectivity index (χ1) is 7.65. The van der Waals surface area contributed by atoms with Crippen LogP contribution in [0.15, 0.2) is 22.7 Å². The van der Waals surface area contributed by atoms with Crippen LogP contribution in [0.3, 0.4) is 0 Å². The molecule has 0 radical (unpaired) electrons. The number of hydrogen-bond acceptors (Lipinski definition) is 1. The smallest absolute Gasteiger partial charge is 0.0486 e. The monoisotopic (exact) mass is 281 g/mol. The fraction of sp³-hybridized carbons (Fsp3) is 0.571.